The Morgan fingerprint density at radius 1 is 1.22 bits per heavy atom. The summed E-state index contributed by atoms with van der Waals surface area (Å²) in [7, 11) is 1.44. The van der Waals surface area contributed by atoms with Crippen molar-refractivity contribution in [3.8, 4) is 11.5 Å². The van der Waals surface area contributed by atoms with Gasteiger partial charge in [-0.05, 0) is 36.8 Å². The number of nitrogens with one attached hydrogen (secondary N) is 1. The maximum absolute atomic E-state index is 12.2. The second-order valence-electron chi connectivity index (χ2n) is 4.80. The maximum Gasteiger partial charge on any atom is 0.256 e. The van der Waals surface area contributed by atoms with Crippen LogP contribution in [0.3, 0.4) is 0 Å². The van der Waals surface area contributed by atoms with Crippen molar-refractivity contribution in [2.75, 3.05) is 19.0 Å². The van der Waals surface area contributed by atoms with Crippen LogP contribution in [0.15, 0.2) is 36.5 Å². The van der Waals surface area contributed by atoms with Crippen molar-refractivity contribution in [2.24, 2.45) is 5.73 Å². The quantitative estimate of drug-likeness (QED) is 0.841. The normalized spacial score (nSPS) is 10.0. The highest BCUT2D eigenvalue weighted by Gasteiger charge is 2.12. The van der Waals surface area contributed by atoms with E-state index in [9.17, 15) is 9.59 Å². The molecule has 1 aromatic carbocycles. The molecule has 2 aromatic rings. The van der Waals surface area contributed by atoms with Crippen LogP contribution in [0, 0.1) is 6.92 Å². The van der Waals surface area contributed by atoms with Gasteiger partial charge in [0.15, 0.2) is 18.1 Å². The average molecular weight is 315 g/mol. The van der Waals surface area contributed by atoms with E-state index in [0.29, 0.717) is 22.9 Å². The molecule has 2 amide bonds. The van der Waals surface area contributed by atoms with Gasteiger partial charge in [-0.2, -0.15) is 0 Å². The number of ether oxygens (including phenoxy) is 2. The zero-order valence-corrected chi connectivity index (χ0v) is 12.8. The van der Waals surface area contributed by atoms with Crippen LogP contribution >= 0.6 is 0 Å². The number of primary amides is 1. The number of amides is 2. The minimum Gasteiger partial charge on any atom is -0.493 e. The lowest BCUT2D eigenvalue weighted by Crippen LogP contribution is -2.20. The number of nitrogens with zero attached hydrogens (tertiary/aromatic N) is 1. The van der Waals surface area contributed by atoms with Gasteiger partial charge in [0.2, 0.25) is 0 Å². The van der Waals surface area contributed by atoms with E-state index in [1.807, 2.05) is 13.0 Å². The molecule has 0 aliphatic heterocycles. The van der Waals surface area contributed by atoms with E-state index in [-0.39, 0.29) is 12.5 Å². The lowest BCUT2D eigenvalue weighted by Gasteiger charge is -2.11. The SMILES string of the molecule is COc1cc(C(=O)Nc2ccc(C)cn2)ccc1OCC(N)=O. The highest BCUT2D eigenvalue weighted by atomic mass is 16.5. The molecule has 0 unspecified atom stereocenters. The summed E-state index contributed by atoms with van der Waals surface area (Å²) in [4.78, 5) is 27.1. The summed E-state index contributed by atoms with van der Waals surface area (Å²) in [6.45, 7) is 1.64. The Balaban J connectivity index is 2.14. The molecule has 0 fully saturated rings. The summed E-state index contributed by atoms with van der Waals surface area (Å²) in [5.41, 5.74) is 6.40. The van der Waals surface area contributed by atoms with Gasteiger partial charge in [-0.15, -0.1) is 0 Å². The molecule has 2 rings (SSSR count). The number of carbonyl (C=O) groups is 2. The second kappa shape index (κ2) is 7.26. The van der Waals surface area contributed by atoms with Crippen LogP contribution in [0.5, 0.6) is 11.5 Å². The number of anilines is 1. The molecule has 0 aliphatic rings. The van der Waals surface area contributed by atoms with Crippen LogP contribution in [0.25, 0.3) is 0 Å². The van der Waals surface area contributed by atoms with Crippen LogP contribution in [0.4, 0.5) is 5.82 Å². The molecule has 0 saturated carbocycles. The van der Waals surface area contributed by atoms with Crippen molar-refractivity contribution in [2.45, 2.75) is 6.92 Å². The number of aromatic nitrogens is 1. The van der Waals surface area contributed by atoms with Gasteiger partial charge in [0.05, 0.1) is 7.11 Å². The number of rotatable bonds is 6. The molecule has 1 aromatic heterocycles. The molecule has 1 heterocycles. The first-order valence-corrected chi connectivity index (χ1v) is 6.82. The van der Waals surface area contributed by atoms with E-state index in [2.05, 4.69) is 10.3 Å². The highest BCUT2D eigenvalue weighted by molar-refractivity contribution is 6.04. The third-order valence-corrected chi connectivity index (χ3v) is 2.95. The smallest absolute Gasteiger partial charge is 0.256 e. The van der Waals surface area contributed by atoms with E-state index >= 15 is 0 Å². The highest BCUT2D eigenvalue weighted by Crippen LogP contribution is 2.28. The van der Waals surface area contributed by atoms with Crippen LogP contribution in [-0.2, 0) is 4.79 Å². The minimum atomic E-state index is -0.598. The molecule has 7 nitrogen and oxygen atoms in total. The summed E-state index contributed by atoms with van der Waals surface area (Å²) >= 11 is 0. The lowest BCUT2D eigenvalue weighted by molar-refractivity contribution is -0.119. The number of nitrogens with two attached hydrogens (primary N) is 1. The van der Waals surface area contributed by atoms with Crippen molar-refractivity contribution in [1.29, 1.82) is 0 Å². The Kier molecular flexibility index (Phi) is 5.14. The number of benzene rings is 1. The first-order valence-electron chi connectivity index (χ1n) is 6.82. The molecule has 0 radical (unpaired) electrons. The lowest BCUT2D eigenvalue weighted by atomic mass is 10.2. The fraction of sp³-hybridized carbons (Fsp3) is 0.188. The predicted molar refractivity (Wildman–Crippen MR) is 84.6 cm³/mol. The largest absolute Gasteiger partial charge is 0.493 e. The second-order valence-corrected chi connectivity index (χ2v) is 4.80. The molecular weight excluding hydrogens is 298 g/mol. The first-order chi connectivity index (χ1) is 11.0. The minimum absolute atomic E-state index is 0.269. The Hall–Kier alpha value is -3.09. The summed E-state index contributed by atoms with van der Waals surface area (Å²) in [6.07, 6.45) is 1.66. The third kappa shape index (κ3) is 4.44. The fourth-order valence-corrected chi connectivity index (χ4v) is 1.81. The Labute approximate surface area is 133 Å². The molecular formula is C16H17N3O4. The van der Waals surface area contributed by atoms with Gasteiger partial charge in [-0.3, -0.25) is 9.59 Å². The molecule has 7 heteroatoms. The van der Waals surface area contributed by atoms with Crippen molar-refractivity contribution in [1.82, 2.24) is 4.98 Å². The number of hydrogen-bond donors (Lipinski definition) is 2. The van der Waals surface area contributed by atoms with Crippen LogP contribution in [-0.4, -0.2) is 30.5 Å². The maximum atomic E-state index is 12.2. The van der Waals surface area contributed by atoms with Gasteiger partial charge in [-0.1, -0.05) is 6.07 Å². The van der Waals surface area contributed by atoms with Crippen molar-refractivity contribution in [3.05, 3.63) is 47.7 Å². The van der Waals surface area contributed by atoms with Crippen LogP contribution < -0.4 is 20.5 Å². The van der Waals surface area contributed by atoms with Gasteiger partial charge in [0.25, 0.3) is 11.8 Å². The summed E-state index contributed by atoms with van der Waals surface area (Å²) in [5.74, 6) is 0.182. The number of aryl methyl sites for hydroxylation is 1. The number of methoxy groups -OCH3 is 1. The molecule has 3 N–H and O–H groups in total. The van der Waals surface area contributed by atoms with Gasteiger partial charge in [-0.25, -0.2) is 4.98 Å². The Bertz CT molecular complexity index is 714. The van der Waals surface area contributed by atoms with Crippen molar-refractivity contribution in [3.63, 3.8) is 0 Å². The van der Waals surface area contributed by atoms with Crippen molar-refractivity contribution < 1.29 is 19.1 Å². The van der Waals surface area contributed by atoms with Crippen LogP contribution in [0.2, 0.25) is 0 Å². The summed E-state index contributed by atoms with van der Waals surface area (Å²) < 4.78 is 10.4. The number of pyridine rings is 1. The van der Waals surface area contributed by atoms with Crippen molar-refractivity contribution >= 4 is 17.6 Å². The molecule has 0 spiro atoms. The molecule has 0 aliphatic carbocycles. The topological polar surface area (TPSA) is 104 Å². The fourth-order valence-electron chi connectivity index (χ4n) is 1.81. The Morgan fingerprint density at radius 3 is 2.61 bits per heavy atom. The monoisotopic (exact) mass is 315 g/mol. The molecule has 0 bridgehead atoms. The molecule has 23 heavy (non-hydrogen) atoms. The van der Waals surface area contributed by atoms with Crippen LogP contribution in [0.1, 0.15) is 15.9 Å². The van der Waals surface area contributed by atoms with E-state index in [0.717, 1.165) is 5.56 Å². The van der Waals surface area contributed by atoms with Gasteiger partial charge in [0, 0.05) is 11.8 Å². The number of carbonyl (C=O) groups excluding carboxylic acids is 2. The zero-order valence-electron chi connectivity index (χ0n) is 12.8. The third-order valence-electron chi connectivity index (χ3n) is 2.95. The average Bonchev–Trinajstić information content (AvgIpc) is 2.54. The van der Waals surface area contributed by atoms with E-state index in [4.69, 9.17) is 15.2 Å². The van der Waals surface area contributed by atoms with Gasteiger partial charge in [0.1, 0.15) is 5.82 Å². The summed E-state index contributed by atoms with van der Waals surface area (Å²) in [5, 5.41) is 2.69. The van der Waals surface area contributed by atoms with E-state index in [1.165, 1.54) is 13.2 Å². The predicted octanol–water partition coefficient (Wildman–Crippen LogP) is 1.52. The van der Waals surface area contributed by atoms with Gasteiger partial charge < -0.3 is 20.5 Å². The molecule has 0 saturated heterocycles. The standard InChI is InChI=1S/C16H17N3O4/c1-10-3-6-15(18-8-10)19-16(21)11-4-5-12(13(7-11)22-2)23-9-14(17)20/h3-8H,9H2,1-2H3,(H2,17,20)(H,18,19,21). The first kappa shape index (κ1) is 16.3. The number of hydrogen-bond acceptors (Lipinski definition) is 5. The molecule has 120 valence electrons. The zero-order chi connectivity index (χ0) is 16.8. The summed E-state index contributed by atoms with van der Waals surface area (Å²) in [6, 6.07) is 8.18. The van der Waals surface area contributed by atoms with E-state index in [1.54, 1.807) is 24.4 Å². The van der Waals surface area contributed by atoms with Gasteiger partial charge >= 0.3 is 0 Å². The Morgan fingerprint density at radius 2 is 2.00 bits per heavy atom. The van der Waals surface area contributed by atoms with E-state index < -0.39 is 5.91 Å². The molecule has 0 atom stereocenters.